The number of nitrogens with two attached hydrogens (primary N) is 1. The molecule has 21 heavy (non-hydrogen) atoms. The van der Waals surface area contributed by atoms with Crippen molar-refractivity contribution in [2.75, 3.05) is 6.61 Å². The second-order valence-electron chi connectivity index (χ2n) is 5.31. The van der Waals surface area contributed by atoms with Gasteiger partial charge in [-0.25, -0.2) is 4.68 Å². The van der Waals surface area contributed by atoms with Crippen LogP contribution in [0.1, 0.15) is 25.2 Å². The lowest BCUT2D eigenvalue weighted by molar-refractivity contribution is 0.286. The molecule has 0 aliphatic carbocycles. The Hall–Kier alpha value is -1.59. The number of halogens is 1. The minimum absolute atomic E-state index is 0.417. The third-order valence-corrected chi connectivity index (χ3v) is 3.35. The number of benzene rings is 1. The largest absolute Gasteiger partial charge is 0.492 e. The summed E-state index contributed by atoms with van der Waals surface area (Å²) in [4.78, 5) is 0. The zero-order valence-corrected chi connectivity index (χ0v) is 13.2. The van der Waals surface area contributed by atoms with Crippen molar-refractivity contribution in [2.24, 2.45) is 11.7 Å². The zero-order valence-electron chi connectivity index (χ0n) is 12.4. The van der Waals surface area contributed by atoms with Crippen LogP contribution in [0.15, 0.2) is 24.3 Å². The first-order valence-corrected chi connectivity index (χ1v) is 7.47. The first kappa shape index (κ1) is 15.8. The molecule has 2 aromatic rings. The molecular weight excluding hydrogens is 288 g/mol. The van der Waals surface area contributed by atoms with Crippen LogP contribution >= 0.6 is 11.6 Å². The van der Waals surface area contributed by atoms with Crippen molar-refractivity contribution >= 4 is 11.6 Å². The summed E-state index contributed by atoms with van der Waals surface area (Å²) < 4.78 is 7.58. The highest BCUT2D eigenvalue weighted by Crippen LogP contribution is 2.16. The van der Waals surface area contributed by atoms with E-state index in [2.05, 4.69) is 24.2 Å². The molecule has 0 spiro atoms. The molecule has 0 saturated carbocycles. The van der Waals surface area contributed by atoms with E-state index in [-0.39, 0.29) is 0 Å². The Labute approximate surface area is 130 Å². The highest BCUT2D eigenvalue weighted by molar-refractivity contribution is 6.30. The minimum Gasteiger partial charge on any atom is -0.492 e. The first-order valence-electron chi connectivity index (χ1n) is 7.09. The molecule has 0 fully saturated rings. The molecule has 1 heterocycles. The Balaban J connectivity index is 1.96. The molecule has 0 aliphatic heterocycles. The summed E-state index contributed by atoms with van der Waals surface area (Å²) in [7, 11) is 0. The first-order chi connectivity index (χ1) is 10.1. The molecule has 114 valence electrons. The Morgan fingerprint density at radius 2 is 2.00 bits per heavy atom. The van der Waals surface area contributed by atoms with Gasteiger partial charge in [0.15, 0.2) is 0 Å². The fourth-order valence-electron chi connectivity index (χ4n) is 2.10. The summed E-state index contributed by atoms with van der Waals surface area (Å²) in [6, 6.07) is 7.32. The maximum atomic E-state index is 5.84. The summed E-state index contributed by atoms with van der Waals surface area (Å²) in [5, 5.41) is 9.01. The smallest absolute Gasteiger partial charge is 0.119 e. The van der Waals surface area contributed by atoms with Gasteiger partial charge < -0.3 is 10.5 Å². The van der Waals surface area contributed by atoms with Crippen LogP contribution in [0.4, 0.5) is 0 Å². The van der Waals surface area contributed by atoms with Crippen LogP contribution in [0.25, 0.3) is 0 Å². The molecule has 1 aromatic heterocycles. The molecule has 2 rings (SSSR count). The Kier molecular flexibility index (Phi) is 5.59. The van der Waals surface area contributed by atoms with E-state index in [1.807, 2.05) is 28.9 Å². The second kappa shape index (κ2) is 7.43. The van der Waals surface area contributed by atoms with Gasteiger partial charge in [0.1, 0.15) is 12.4 Å². The Morgan fingerprint density at radius 1 is 1.29 bits per heavy atom. The van der Waals surface area contributed by atoms with E-state index in [9.17, 15) is 0 Å². The molecule has 0 aliphatic rings. The van der Waals surface area contributed by atoms with E-state index in [0.29, 0.717) is 30.6 Å². The van der Waals surface area contributed by atoms with Crippen LogP contribution in [0, 0.1) is 5.92 Å². The van der Waals surface area contributed by atoms with E-state index < -0.39 is 0 Å². The zero-order chi connectivity index (χ0) is 15.2. The Morgan fingerprint density at radius 3 is 2.62 bits per heavy atom. The van der Waals surface area contributed by atoms with Crippen LogP contribution < -0.4 is 10.5 Å². The molecule has 6 heteroatoms. The van der Waals surface area contributed by atoms with Gasteiger partial charge in [0.25, 0.3) is 0 Å². The van der Waals surface area contributed by atoms with Crippen LogP contribution in [-0.4, -0.2) is 21.6 Å². The van der Waals surface area contributed by atoms with Gasteiger partial charge in [-0.05, 0) is 36.6 Å². The number of aromatic nitrogens is 3. The van der Waals surface area contributed by atoms with Crippen molar-refractivity contribution < 1.29 is 4.74 Å². The quantitative estimate of drug-likeness (QED) is 0.854. The average Bonchev–Trinajstić information content (AvgIpc) is 2.83. The topological polar surface area (TPSA) is 66.0 Å². The van der Waals surface area contributed by atoms with E-state index in [0.717, 1.165) is 23.6 Å². The second-order valence-corrected chi connectivity index (χ2v) is 5.75. The summed E-state index contributed by atoms with van der Waals surface area (Å²) in [5.74, 6) is 1.33. The minimum atomic E-state index is 0.417. The van der Waals surface area contributed by atoms with Crippen molar-refractivity contribution in [2.45, 2.75) is 33.4 Å². The summed E-state index contributed by atoms with van der Waals surface area (Å²) in [6.07, 6.45) is 0.917. The maximum Gasteiger partial charge on any atom is 0.119 e. The van der Waals surface area contributed by atoms with Crippen LogP contribution in [0.2, 0.25) is 5.02 Å². The standard InChI is InChI=1S/C15H21ClN4O/c1-11(2)9-15-14(10-17)18-19-20(15)7-8-21-13-5-3-12(16)4-6-13/h3-6,11H,7-10,17H2,1-2H3. The highest BCUT2D eigenvalue weighted by Gasteiger charge is 2.13. The van der Waals surface area contributed by atoms with Gasteiger partial charge in [0, 0.05) is 11.6 Å². The highest BCUT2D eigenvalue weighted by atomic mass is 35.5. The van der Waals surface area contributed by atoms with E-state index in [1.165, 1.54) is 0 Å². The van der Waals surface area contributed by atoms with Gasteiger partial charge in [-0.3, -0.25) is 0 Å². The third-order valence-electron chi connectivity index (χ3n) is 3.10. The van der Waals surface area contributed by atoms with Gasteiger partial charge in [-0.15, -0.1) is 5.10 Å². The molecule has 0 amide bonds. The lowest BCUT2D eigenvalue weighted by Crippen LogP contribution is -2.15. The van der Waals surface area contributed by atoms with Gasteiger partial charge in [0.05, 0.1) is 17.9 Å². The normalized spacial score (nSPS) is 11.1. The molecule has 2 N–H and O–H groups in total. The van der Waals surface area contributed by atoms with Gasteiger partial charge in [-0.1, -0.05) is 30.7 Å². The number of ether oxygens (including phenoxy) is 1. The number of hydrogen-bond donors (Lipinski definition) is 1. The van der Waals surface area contributed by atoms with Gasteiger partial charge in [0.2, 0.25) is 0 Å². The molecule has 0 bridgehead atoms. The van der Waals surface area contributed by atoms with E-state index in [1.54, 1.807) is 0 Å². The predicted octanol–water partition coefficient (Wildman–Crippen LogP) is 2.67. The fraction of sp³-hybridized carbons (Fsp3) is 0.467. The molecular formula is C15H21ClN4O. The van der Waals surface area contributed by atoms with Crippen LogP contribution in [0.3, 0.4) is 0 Å². The van der Waals surface area contributed by atoms with Crippen LogP contribution in [-0.2, 0) is 19.5 Å². The molecule has 1 aromatic carbocycles. The predicted molar refractivity (Wildman–Crippen MR) is 83.4 cm³/mol. The van der Waals surface area contributed by atoms with Crippen molar-refractivity contribution in [3.8, 4) is 5.75 Å². The average molecular weight is 309 g/mol. The number of nitrogens with zero attached hydrogens (tertiary/aromatic N) is 3. The SMILES string of the molecule is CC(C)Cc1c(CN)nnn1CCOc1ccc(Cl)cc1. The molecule has 0 saturated heterocycles. The molecule has 0 atom stereocenters. The van der Waals surface area contributed by atoms with Crippen LogP contribution in [0.5, 0.6) is 5.75 Å². The third kappa shape index (κ3) is 4.44. The van der Waals surface area contributed by atoms with Gasteiger partial charge in [-0.2, -0.15) is 0 Å². The van der Waals surface area contributed by atoms with Gasteiger partial charge >= 0.3 is 0 Å². The molecule has 5 nitrogen and oxygen atoms in total. The van der Waals surface area contributed by atoms with Crippen molar-refractivity contribution in [3.05, 3.63) is 40.7 Å². The molecule has 0 radical (unpaired) electrons. The van der Waals surface area contributed by atoms with Crippen molar-refractivity contribution in [1.29, 1.82) is 0 Å². The monoisotopic (exact) mass is 308 g/mol. The summed E-state index contributed by atoms with van der Waals surface area (Å²) in [6.45, 7) is 5.93. The Bertz CT molecular complexity index is 566. The van der Waals surface area contributed by atoms with E-state index in [4.69, 9.17) is 22.1 Å². The number of rotatable bonds is 7. The van der Waals surface area contributed by atoms with Crippen molar-refractivity contribution in [3.63, 3.8) is 0 Å². The maximum absolute atomic E-state index is 5.84. The summed E-state index contributed by atoms with van der Waals surface area (Å²) in [5.41, 5.74) is 7.69. The number of hydrogen-bond acceptors (Lipinski definition) is 4. The fourth-order valence-corrected chi connectivity index (χ4v) is 2.22. The lowest BCUT2D eigenvalue weighted by Gasteiger charge is -2.11. The lowest BCUT2D eigenvalue weighted by atomic mass is 10.1. The van der Waals surface area contributed by atoms with Crippen molar-refractivity contribution in [1.82, 2.24) is 15.0 Å². The van der Waals surface area contributed by atoms with E-state index >= 15 is 0 Å². The molecule has 0 unspecified atom stereocenters. The summed E-state index contributed by atoms with van der Waals surface area (Å²) >= 11 is 5.84.